The number of carbonyl (C=O) groups is 1. The van der Waals surface area contributed by atoms with Crippen molar-refractivity contribution >= 4 is 40.9 Å². The zero-order chi connectivity index (χ0) is 15.6. The Labute approximate surface area is 133 Å². The number of nitrogens with zero attached hydrogens (tertiary/aromatic N) is 2. The Morgan fingerprint density at radius 1 is 1.33 bits per heavy atom. The molecular formula is C15H15Cl2N3O. The van der Waals surface area contributed by atoms with Crippen molar-refractivity contribution in [2.45, 2.75) is 13.8 Å². The number of rotatable bonds is 3. The summed E-state index contributed by atoms with van der Waals surface area (Å²) in [6.07, 6.45) is 3.09. The van der Waals surface area contributed by atoms with E-state index in [0.717, 1.165) is 22.5 Å². The zero-order valence-electron chi connectivity index (χ0n) is 11.9. The minimum absolute atomic E-state index is 0.236. The van der Waals surface area contributed by atoms with Crippen LogP contribution < -0.4 is 5.32 Å². The highest BCUT2D eigenvalue weighted by Crippen LogP contribution is 2.21. The predicted octanol–water partition coefficient (Wildman–Crippen LogP) is 4.00. The normalized spacial score (nSPS) is 11.1. The highest BCUT2D eigenvalue weighted by atomic mass is 35.5. The first-order valence-electron chi connectivity index (χ1n) is 6.33. The van der Waals surface area contributed by atoms with E-state index in [1.54, 1.807) is 36.0 Å². The predicted molar refractivity (Wildman–Crippen MR) is 86.8 cm³/mol. The molecule has 1 aromatic heterocycles. The molecule has 0 saturated heterocycles. The van der Waals surface area contributed by atoms with Crippen molar-refractivity contribution < 1.29 is 4.79 Å². The number of hydrogen-bond acceptors (Lipinski definition) is 2. The van der Waals surface area contributed by atoms with Gasteiger partial charge in [-0.3, -0.25) is 9.48 Å². The maximum atomic E-state index is 12.0. The molecule has 0 bridgehead atoms. The maximum Gasteiger partial charge on any atom is 0.248 e. The van der Waals surface area contributed by atoms with Crippen molar-refractivity contribution in [3.63, 3.8) is 0 Å². The Hall–Kier alpha value is -1.78. The van der Waals surface area contributed by atoms with Gasteiger partial charge in [0.2, 0.25) is 5.91 Å². The lowest BCUT2D eigenvalue weighted by atomic mass is 10.2. The molecule has 110 valence electrons. The van der Waals surface area contributed by atoms with Crippen LogP contribution >= 0.6 is 23.2 Å². The minimum Gasteiger partial charge on any atom is -0.322 e. The summed E-state index contributed by atoms with van der Waals surface area (Å²) in [5.41, 5.74) is 3.14. The molecular weight excluding hydrogens is 309 g/mol. The minimum atomic E-state index is -0.236. The van der Waals surface area contributed by atoms with E-state index < -0.39 is 0 Å². The third-order valence-electron chi connectivity index (χ3n) is 3.04. The fourth-order valence-corrected chi connectivity index (χ4v) is 2.40. The van der Waals surface area contributed by atoms with Gasteiger partial charge in [0.25, 0.3) is 0 Å². The van der Waals surface area contributed by atoms with Crippen LogP contribution in [0.1, 0.15) is 16.8 Å². The largest absolute Gasteiger partial charge is 0.322 e. The van der Waals surface area contributed by atoms with Gasteiger partial charge in [0.15, 0.2) is 0 Å². The first-order chi connectivity index (χ1) is 9.88. The first kappa shape index (κ1) is 15.6. The molecule has 21 heavy (non-hydrogen) atoms. The van der Waals surface area contributed by atoms with E-state index in [1.807, 2.05) is 13.8 Å². The van der Waals surface area contributed by atoms with E-state index in [-0.39, 0.29) is 5.91 Å². The molecule has 0 fully saturated rings. The lowest BCUT2D eigenvalue weighted by Crippen LogP contribution is -2.08. The molecule has 6 heteroatoms. The Morgan fingerprint density at radius 2 is 2.05 bits per heavy atom. The number of carbonyl (C=O) groups excluding carboxylic acids is 1. The average Bonchev–Trinajstić information content (AvgIpc) is 2.65. The van der Waals surface area contributed by atoms with E-state index in [9.17, 15) is 4.79 Å². The van der Waals surface area contributed by atoms with Crippen molar-refractivity contribution in [3.8, 4) is 0 Å². The number of anilines is 1. The van der Waals surface area contributed by atoms with Crippen LogP contribution in [0, 0.1) is 13.8 Å². The van der Waals surface area contributed by atoms with Gasteiger partial charge in [0, 0.05) is 29.4 Å². The van der Waals surface area contributed by atoms with Crippen LogP contribution in [-0.2, 0) is 11.8 Å². The fraction of sp³-hybridized carbons (Fsp3) is 0.200. The summed E-state index contributed by atoms with van der Waals surface area (Å²) in [6, 6.07) is 5.30. The monoisotopic (exact) mass is 323 g/mol. The van der Waals surface area contributed by atoms with Gasteiger partial charge in [-0.25, -0.2) is 0 Å². The number of nitrogens with one attached hydrogen (secondary N) is 1. The van der Waals surface area contributed by atoms with Gasteiger partial charge in [-0.15, -0.1) is 0 Å². The second-order valence-corrected chi connectivity index (χ2v) is 5.49. The van der Waals surface area contributed by atoms with Gasteiger partial charge in [0.1, 0.15) is 5.15 Å². The molecule has 0 aliphatic rings. The van der Waals surface area contributed by atoms with E-state index >= 15 is 0 Å². The number of benzene rings is 1. The summed E-state index contributed by atoms with van der Waals surface area (Å²) < 4.78 is 1.57. The standard InChI is InChI=1S/C15H15Cl2N3O/c1-9-8-11(16)4-6-13(9)18-14(21)7-5-12-10(2)19-20(3)15(12)17/h4-8H,1-3H3,(H,18,21)/b7-5+. The molecule has 1 heterocycles. The lowest BCUT2D eigenvalue weighted by molar-refractivity contribution is -0.111. The van der Waals surface area contributed by atoms with E-state index in [2.05, 4.69) is 10.4 Å². The van der Waals surface area contributed by atoms with E-state index in [4.69, 9.17) is 23.2 Å². The van der Waals surface area contributed by atoms with Crippen molar-refractivity contribution in [2.75, 3.05) is 5.32 Å². The molecule has 0 unspecified atom stereocenters. The second kappa shape index (κ2) is 6.33. The maximum absolute atomic E-state index is 12.0. The Bertz CT molecular complexity index is 720. The SMILES string of the molecule is Cc1cc(Cl)ccc1NC(=O)/C=C/c1c(C)nn(C)c1Cl. The number of halogens is 2. The van der Waals surface area contributed by atoms with Crippen molar-refractivity contribution in [2.24, 2.45) is 7.05 Å². The van der Waals surface area contributed by atoms with Crippen LogP contribution in [0.4, 0.5) is 5.69 Å². The third-order valence-corrected chi connectivity index (χ3v) is 3.73. The number of aromatic nitrogens is 2. The first-order valence-corrected chi connectivity index (χ1v) is 7.08. The third kappa shape index (κ3) is 3.65. The van der Waals surface area contributed by atoms with Gasteiger partial charge in [-0.05, 0) is 43.7 Å². The molecule has 0 atom stereocenters. The van der Waals surface area contributed by atoms with Crippen LogP contribution in [-0.4, -0.2) is 15.7 Å². The van der Waals surface area contributed by atoms with Gasteiger partial charge in [-0.2, -0.15) is 5.10 Å². The van der Waals surface area contributed by atoms with Crippen molar-refractivity contribution in [3.05, 3.63) is 51.3 Å². The molecule has 2 aromatic rings. The smallest absolute Gasteiger partial charge is 0.248 e. The van der Waals surface area contributed by atoms with E-state index in [1.165, 1.54) is 6.08 Å². The van der Waals surface area contributed by atoms with Gasteiger partial charge in [-0.1, -0.05) is 23.2 Å². The van der Waals surface area contributed by atoms with Crippen molar-refractivity contribution in [1.29, 1.82) is 0 Å². The highest BCUT2D eigenvalue weighted by molar-refractivity contribution is 6.31. The second-order valence-electron chi connectivity index (χ2n) is 4.70. The molecule has 0 saturated carbocycles. The average molecular weight is 324 g/mol. The number of amides is 1. The van der Waals surface area contributed by atoms with Crippen LogP contribution in [0.3, 0.4) is 0 Å². The summed E-state index contributed by atoms with van der Waals surface area (Å²) in [7, 11) is 1.75. The summed E-state index contributed by atoms with van der Waals surface area (Å²) in [5, 5.41) is 8.12. The number of aryl methyl sites for hydroxylation is 3. The topological polar surface area (TPSA) is 46.9 Å². The van der Waals surface area contributed by atoms with Crippen LogP contribution in [0.15, 0.2) is 24.3 Å². The zero-order valence-corrected chi connectivity index (χ0v) is 13.5. The quantitative estimate of drug-likeness (QED) is 0.868. The Morgan fingerprint density at radius 3 is 2.62 bits per heavy atom. The molecule has 1 N–H and O–H groups in total. The Kier molecular flexibility index (Phi) is 4.70. The molecule has 0 aliphatic carbocycles. The fourth-order valence-electron chi connectivity index (χ4n) is 1.94. The summed E-state index contributed by atoms with van der Waals surface area (Å²) in [6.45, 7) is 3.72. The molecule has 2 rings (SSSR count). The molecule has 1 amide bonds. The van der Waals surface area contributed by atoms with Gasteiger partial charge in [0.05, 0.1) is 5.69 Å². The molecule has 0 spiro atoms. The highest BCUT2D eigenvalue weighted by Gasteiger charge is 2.08. The molecule has 0 aliphatic heterocycles. The van der Waals surface area contributed by atoms with Gasteiger partial charge >= 0.3 is 0 Å². The van der Waals surface area contributed by atoms with Crippen LogP contribution in [0.2, 0.25) is 10.2 Å². The molecule has 1 aromatic carbocycles. The molecule has 4 nitrogen and oxygen atoms in total. The van der Waals surface area contributed by atoms with Gasteiger partial charge < -0.3 is 5.32 Å². The Balaban J connectivity index is 2.13. The van der Waals surface area contributed by atoms with Crippen LogP contribution in [0.25, 0.3) is 6.08 Å². The molecule has 0 radical (unpaired) electrons. The number of hydrogen-bond donors (Lipinski definition) is 1. The van der Waals surface area contributed by atoms with Crippen molar-refractivity contribution in [1.82, 2.24) is 9.78 Å². The lowest BCUT2D eigenvalue weighted by Gasteiger charge is -2.06. The summed E-state index contributed by atoms with van der Waals surface area (Å²) >= 11 is 12.0. The van der Waals surface area contributed by atoms with Crippen LogP contribution in [0.5, 0.6) is 0 Å². The summed E-state index contributed by atoms with van der Waals surface area (Å²) in [5.74, 6) is -0.236. The summed E-state index contributed by atoms with van der Waals surface area (Å²) in [4.78, 5) is 12.0. The van der Waals surface area contributed by atoms with E-state index in [0.29, 0.717) is 10.2 Å².